The lowest BCUT2D eigenvalue weighted by molar-refractivity contribution is 0.0950. The summed E-state index contributed by atoms with van der Waals surface area (Å²) in [7, 11) is 0. The summed E-state index contributed by atoms with van der Waals surface area (Å²) in [5.41, 5.74) is 2.12. The van der Waals surface area contributed by atoms with Crippen molar-refractivity contribution in [3.63, 3.8) is 0 Å². The highest BCUT2D eigenvalue weighted by atomic mass is 16.6. The molecule has 1 amide bonds. The molecule has 0 radical (unpaired) electrons. The fraction of sp³-hybridized carbons (Fsp3) is 0.231. The molecule has 0 atom stereocenters. The lowest BCUT2D eigenvalue weighted by Crippen LogP contribution is -2.27. The number of carbonyl (C=O) groups excluding carboxylic acids is 1. The van der Waals surface area contributed by atoms with E-state index in [-0.39, 0.29) is 12.2 Å². The number of amides is 1. The van der Waals surface area contributed by atoms with Gasteiger partial charge < -0.3 is 9.84 Å². The molecule has 0 spiro atoms. The average molecular weight is 259 g/mol. The molecule has 6 heteroatoms. The zero-order valence-electron chi connectivity index (χ0n) is 10.2. The number of carbonyl (C=O) groups is 1. The van der Waals surface area contributed by atoms with Gasteiger partial charge in [0, 0.05) is 0 Å². The van der Waals surface area contributed by atoms with Gasteiger partial charge in [0.25, 0.3) is 5.56 Å². The standard InChI is InChI=1S/C13H13N3O3/c17-12-10-6-16(7-11(10)14-15-12)13(18)19-8-9-4-2-1-3-5-9/h1-5H,6-8H2,(H2,14,15,17). The molecule has 0 bridgehead atoms. The maximum absolute atomic E-state index is 11.9. The van der Waals surface area contributed by atoms with Gasteiger partial charge in [0.1, 0.15) is 6.61 Å². The Labute approximate surface area is 109 Å². The van der Waals surface area contributed by atoms with E-state index >= 15 is 0 Å². The quantitative estimate of drug-likeness (QED) is 0.854. The molecule has 0 aliphatic carbocycles. The number of H-pyrrole nitrogens is 2. The summed E-state index contributed by atoms with van der Waals surface area (Å²) in [6, 6.07) is 9.48. The highest BCUT2D eigenvalue weighted by molar-refractivity contribution is 5.68. The number of fused-ring (bicyclic) bond motifs is 1. The first kappa shape index (κ1) is 11.6. The van der Waals surface area contributed by atoms with Crippen LogP contribution in [0.4, 0.5) is 4.79 Å². The first-order chi connectivity index (χ1) is 9.24. The van der Waals surface area contributed by atoms with Gasteiger partial charge in [0.05, 0.1) is 24.3 Å². The van der Waals surface area contributed by atoms with Crippen molar-refractivity contribution >= 4 is 6.09 Å². The Morgan fingerprint density at radius 3 is 2.74 bits per heavy atom. The van der Waals surface area contributed by atoms with Crippen molar-refractivity contribution in [3.8, 4) is 0 Å². The van der Waals surface area contributed by atoms with Crippen LogP contribution in [0.5, 0.6) is 0 Å². The van der Waals surface area contributed by atoms with Crippen molar-refractivity contribution in [2.24, 2.45) is 0 Å². The summed E-state index contributed by atoms with van der Waals surface area (Å²) >= 11 is 0. The Hall–Kier alpha value is -2.50. The molecule has 1 aromatic heterocycles. The van der Waals surface area contributed by atoms with Gasteiger partial charge >= 0.3 is 6.09 Å². The van der Waals surface area contributed by atoms with Crippen molar-refractivity contribution in [1.29, 1.82) is 0 Å². The largest absolute Gasteiger partial charge is 0.445 e. The molecule has 0 saturated carbocycles. The molecule has 98 valence electrons. The highest BCUT2D eigenvalue weighted by Crippen LogP contribution is 2.18. The summed E-state index contributed by atoms with van der Waals surface area (Å²) in [4.78, 5) is 24.8. The Morgan fingerprint density at radius 1 is 1.21 bits per heavy atom. The van der Waals surface area contributed by atoms with E-state index in [9.17, 15) is 9.59 Å². The van der Waals surface area contributed by atoms with Crippen LogP contribution in [0.15, 0.2) is 35.1 Å². The van der Waals surface area contributed by atoms with Crippen LogP contribution in [0.1, 0.15) is 16.8 Å². The van der Waals surface area contributed by atoms with Gasteiger partial charge in [-0.25, -0.2) is 4.79 Å². The van der Waals surface area contributed by atoms with Crippen LogP contribution >= 0.6 is 0 Å². The summed E-state index contributed by atoms with van der Waals surface area (Å²) in [5, 5.41) is 5.25. The van der Waals surface area contributed by atoms with E-state index in [4.69, 9.17) is 4.74 Å². The molecular weight excluding hydrogens is 246 g/mol. The Balaban J connectivity index is 1.60. The molecule has 2 N–H and O–H groups in total. The summed E-state index contributed by atoms with van der Waals surface area (Å²) in [5.74, 6) is 0. The summed E-state index contributed by atoms with van der Waals surface area (Å²) in [6.45, 7) is 0.907. The van der Waals surface area contributed by atoms with Crippen molar-refractivity contribution in [2.75, 3.05) is 0 Å². The van der Waals surface area contributed by atoms with Crippen LogP contribution in [0.3, 0.4) is 0 Å². The van der Waals surface area contributed by atoms with E-state index in [1.807, 2.05) is 30.3 Å². The van der Waals surface area contributed by atoms with Gasteiger partial charge in [-0.15, -0.1) is 0 Å². The molecule has 0 unspecified atom stereocenters. The zero-order valence-corrected chi connectivity index (χ0v) is 10.2. The topological polar surface area (TPSA) is 78.2 Å². The molecular formula is C13H13N3O3. The number of aromatic nitrogens is 2. The average Bonchev–Trinajstić information content (AvgIpc) is 3.00. The van der Waals surface area contributed by atoms with Crippen molar-refractivity contribution < 1.29 is 9.53 Å². The van der Waals surface area contributed by atoms with Crippen molar-refractivity contribution in [2.45, 2.75) is 19.7 Å². The van der Waals surface area contributed by atoms with E-state index in [2.05, 4.69) is 10.2 Å². The molecule has 0 saturated heterocycles. The van der Waals surface area contributed by atoms with Gasteiger partial charge in [-0.2, -0.15) is 0 Å². The Bertz CT molecular complexity index is 645. The summed E-state index contributed by atoms with van der Waals surface area (Å²) < 4.78 is 5.21. The third-order valence-corrected chi connectivity index (χ3v) is 3.13. The fourth-order valence-electron chi connectivity index (χ4n) is 2.10. The number of hydrogen-bond acceptors (Lipinski definition) is 3. The third-order valence-electron chi connectivity index (χ3n) is 3.13. The van der Waals surface area contributed by atoms with E-state index in [0.29, 0.717) is 18.7 Å². The minimum Gasteiger partial charge on any atom is -0.445 e. The van der Waals surface area contributed by atoms with Crippen LogP contribution in [-0.4, -0.2) is 21.2 Å². The summed E-state index contributed by atoms with van der Waals surface area (Å²) in [6.07, 6.45) is -0.409. The SMILES string of the molecule is O=C(OCc1ccccc1)N1Cc2[nH][nH]c(=O)c2C1. The second-order valence-electron chi connectivity index (χ2n) is 4.43. The molecule has 19 heavy (non-hydrogen) atoms. The maximum Gasteiger partial charge on any atom is 0.410 e. The van der Waals surface area contributed by atoms with Crippen LogP contribution in [-0.2, 0) is 24.4 Å². The number of hydrogen-bond donors (Lipinski definition) is 2. The van der Waals surface area contributed by atoms with Gasteiger partial charge in [0.2, 0.25) is 0 Å². The lowest BCUT2D eigenvalue weighted by atomic mass is 10.2. The second kappa shape index (κ2) is 4.64. The van der Waals surface area contributed by atoms with Crippen LogP contribution in [0, 0.1) is 0 Å². The van der Waals surface area contributed by atoms with Crippen molar-refractivity contribution in [1.82, 2.24) is 15.1 Å². The predicted octanol–water partition coefficient (Wildman–Crippen LogP) is 1.36. The smallest absolute Gasteiger partial charge is 0.410 e. The number of nitrogens with zero attached hydrogens (tertiary/aromatic N) is 1. The lowest BCUT2D eigenvalue weighted by Gasteiger charge is -2.15. The monoisotopic (exact) mass is 259 g/mol. The number of aromatic amines is 2. The van der Waals surface area contributed by atoms with Crippen LogP contribution < -0.4 is 5.56 Å². The van der Waals surface area contributed by atoms with Crippen LogP contribution in [0.2, 0.25) is 0 Å². The van der Waals surface area contributed by atoms with E-state index in [1.165, 1.54) is 4.90 Å². The normalized spacial score (nSPS) is 13.4. The minimum absolute atomic E-state index is 0.173. The van der Waals surface area contributed by atoms with E-state index in [1.54, 1.807) is 0 Å². The molecule has 1 aliphatic heterocycles. The minimum atomic E-state index is -0.409. The first-order valence-corrected chi connectivity index (χ1v) is 5.98. The Kier molecular flexibility index (Phi) is 2.83. The third kappa shape index (κ3) is 2.24. The molecule has 2 aromatic rings. The highest BCUT2D eigenvalue weighted by Gasteiger charge is 2.27. The van der Waals surface area contributed by atoms with Gasteiger partial charge in [-0.3, -0.25) is 14.8 Å². The first-order valence-electron chi connectivity index (χ1n) is 5.98. The van der Waals surface area contributed by atoms with E-state index in [0.717, 1.165) is 11.3 Å². The zero-order chi connectivity index (χ0) is 13.2. The number of ether oxygens (including phenoxy) is 1. The van der Waals surface area contributed by atoms with E-state index < -0.39 is 6.09 Å². The molecule has 1 aliphatic rings. The van der Waals surface area contributed by atoms with Gasteiger partial charge in [0.15, 0.2) is 0 Å². The number of benzene rings is 1. The molecule has 2 heterocycles. The molecule has 0 fully saturated rings. The molecule has 3 rings (SSSR count). The number of nitrogens with one attached hydrogen (secondary N) is 2. The molecule has 1 aromatic carbocycles. The second-order valence-corrected chi connectivity index (χ2v) is 4.43. The predicted molar refractivity (Wildman–Crippen MR) is 67.3 cm³/mol. The van der Waals surface area contributed by atoms with Gasteiger partial charge in [-0.05, 0) is 5.56 Å². The number of rotatable bonds is 2. The van der Waals surface area contributed by atoms with Gasteiger partial charge in [-0.1, -0.05) is 30.3 Å². The molecule has 6 nitrogen and oxygen atoms in total. The fourth-order valence-corrected chi connectivity index (χ4v) is 2.10. The maximum atomic E-state index is 11.9. The van der Waals surface area contributed by atoms with Crippen LogP contribution in [0.25, 0.3) is 0 Å². The van der Waals surface area contributed by atoms with Crippen molar-refractivity contribution in [3.05, 3.63) is 57.5 Å². The Morgan fingerprint density at radius 2 is 2.00 bits per heavy atom.